The van der Waals surface area contributed by atoms with Crippen molar-refractivity contribution in [3.05, 3.63) is 5.89 Å². The van der Waals surface area contributed by atoms with Crippen molar-refractivity contribution in [1.82, 2.24) is 10.1 Å². The number of carboxylic acids is 1. The minimum Gasteiger partial charge on any atom is -0.481 e. The second-order valence-corrected chi connectivity index (χ2v) is 6.43. The zero-order chi connectivity index (χ0) is 14.2. The number of hydrogen-bond donors (Lipinski definition) is 1. The molecule has 2 heterocycles. The number of rotatable bonds is 2. The van der Waals surface area contributed by atoms with Crippen LogP contribution in [0.3, 0.4) is 0 Å². The van der Waals surface area contributed by atoms with Gasteiger partial charge in [-0.3, -0.25) is 4.79 Å². The number of carboxylic acid groups (broad SMARTS) is 1. The number of aromatic nitrogens is 2. The molecular formula is C13H21N3O3. The highest BCUT2D eigenvalue weighted by atomic mass is 16.5. The molecule has 1 aliphatic rings. The van der Waals surface area contributed by atoms with Crippen LogP contribution < -0.4 is 4.90 Å². The quantitative estimate of drug-likeness (QED) is 0.881. The summed E-state index contributed by atoms with van der Waals surface area (Å²) >= 11 is 0. The van der Waals surface area contributed by atoms with E-state index in [1.165, 1.54) is 0 Å². The molecule has 1 saturated heterocycles. The van der Waals surface area contributed by atoms with Gasteiger partial charge in [-0.2, -0.15) is 4.98 Å². The van der Waals surface area contributed by atoms with Gasteiger partial charge in [0.2, 0.25) is 5.89 Å². The van der Waals surface area contributed by atoms with E-state index < -0.39 is 5.97 Å². The summed E-state index contributed by atoms with van der Waals surface area (Å²) in [4.78, 5) is 17.4. The highest BCUT2D eigenvalue weighted by Crippen LogP contribution is 2.27. The number of nitrogens with zero attached hydrogens (tertiary/aromatic N) is 3. The molecule has 1 fully saturated rings. The predicted molar refractivity (Wildman–Crippen MR) is 70.1 cm³/mol. The van der Waals surface area contributed by atoms with Gasteiger partial charge >= 0.3 is 5.97 Å². The lowest BCUT2D eigenvalue weighted by Gasteiger charge is -2.33. The first-order valence-electron chi connectivity index (χ1n) is 6.59. The van der Waals surface area contributed by atoms with Crippen molar-refractivity contribution in [3.8, 4) is 0 Å². The number of piperidine rings is 1. The van der Waals surface area contributed by atoms with Crippen molar-refractivity contribution >= 4 is 11.9 Å². The van der Waals surface area contributed by atoms with Gasteiger partial charge < -0.3 is 14.5 Å². The third kappa shape index (κ3) is 3.05. The molecule has 1 aliphatic heterocycles. The van der Waals surface area contributed by atoms with Crippen LogP contribution in [-0.4, -0.2) is 34.3 Å². The lowest BCUT2D eigenvalue weighted by Crippen LogP contribution is -2.43. The minimum absolute atomic E-state index is 0.196. The number of aliphatic carboxylic acids is 1. The number of carbonyl (C=O) groups is 1. The van der Waals surface area contributed by atoms with E-state index in [0.29, 0.717) is 30.7 Å². The maximum atomic E-state index is 11.2. The van der Waals surface area contributed by atoms with E-state index in [4.69, 9.17) is 9.63 Å². The fourth-order valence-electron chi connectivity index (χ4n) is 2.34. The van der Waals surface area contributed by atoms with Gasteiger partial charge in [0.1, 0.15) is 0 Å². The van der Waals surface area contributed by atoms with Crippen LogP contribution in [0.2, 0.25) is 0 Å². The summed E-state index contributed by atoms with van der Waals surface area (Å²) in [5.41, 5.74) is -0.196. The Kier molecular flexibility index (Phi) is 3.52. The topological polar surface area (TPSA) is 79.5 Å². The summed E-state index contributed by atoms with van der Waals surface area (Å²) in [6.45, 7) is 9.28. The highest BCUT2D eigenvalue weighted by molar-refractivity contribution is 5.71. The number of anilines is 1. The summed E-state index contributed by atoms with van der Waals surface area (Å²) in [6, 6.07) is 0. The fourth-order valence-corrected chi connectivity index (χ4v) is 2.34. The van der Waals surface area contributed by atoms with E-state index in [1.54, 1.807) is 0 Å². The van der Waals surface area contributed by atoms with Crippen molar-refractivity contribution in [3.63, 3.8) is 0 Å². The first-order chi connectivity index (χ1) is 8.77. The maximum Gasteiger partial charge on any atom is 0.308 e. The van der Waals surface area contributed by atoms with Crippen molar-refractivity contribution in [1.29, 1.82) is 0 Å². The molecule has 6 heteroatoms. The van der Waals surface area contributed by atoms with Gasteiger partial charge in [0, 0.05) is 18.5 Å². The Morgan fingerprint density at radius 3 is 2.63 bits per heavy atom. The Morgan fingerprint density at radius 1 is 1.42 bits per heavy atom. The molecule has 1 aromatic heterocycles. The second-order valence-electron chi connectivity index (χ2n) is 6.43. The first-order valence-corrected chi connectivity index (χ1v) is 6.59. The van der Waals surface area contributed by atoms with Gasteiger partial charge in [-0.15, -0.1) is 0 Å². The Bertz CT molecular complexity index is 464. The van der Waals surface area contributed by atoms with Crippen LogP contribution in [0.15, 0.2) is 4.52 Å². The molecule has 0 spiro atoms. The van der Waals surface area contributed by atoms with Crippen molar-refractivity contribution in [2.75, 3.05) is 18.0 Å². The Hall–Kier alpha value is -1.59. The Balaban J connectivity index is 2.17. The lowest BCUT2D eigenvalue weighted by atomic mass is 9.91. The Morgan fingerprint density at radius 2 is 2.11 bits per heavy atom. The molecule has 2 unspecified atom stereocenters. The maximum absolute atomic E-state index is 11.2. The normalized spacial score (nSPS) is 24.5. The van der Waals surface area contributed by atoms with Crippen molar-refractivity contribution in [2.45, 2.75) is 39.5 Å². The van der Waals surface area contributed by atoms with Gasteiger partial charge in [-0.1, -0.05) is 27.7 Å². The van der Waals surface area contributed by atoms with E-state index in [9.17, 15) is 4.79 Å². The third-order valence-electron chi connectivity index (χ3n) is 3.35. The Labute approximate surface area is 112 Å². The van der Waals surface area contributed by atoms with Crippen LogP contribution in [-0.2, 0) is 10.2 Å². The summed E-state index contributed by atoms with van der Waals surface area (Å²) < 4.78 is 5.26. The summed E-state index contributed by atoms with van der Waals surface area (Å²) in [5.74, 6) is 0.276. The van der Waals surface area contributed by atoms with E-state index >= 15 is 0 Å². The number of hydrogen-bond acceptors (Lipinski definition) is 5. The minimum atomic E-state index is -0.754. The lowest BCUT2D eigenvalue weighted by molar-refractivity contribution is -0.142. The zero-order valence-electron chi connectivity index (χ0n) is 11.9. The first kappa shape index (κ1) is 13.8. The van der Waals surface area contributed by atoms with E-state index in [-0.39, 0.29) is 11.3 Å². The van der Waals surface area contributed by atoms with Crippen LogP contribution >= 0.6 is 0 Å². The van der Waals surface area contributed by atoms with Crippen LogP contribution in [0.4, 0.5) is 5.95 Å². The molecule has 1 N–H and O–H groups in total. The van der Waals surface area contributed by atoms with Gasteiger partial charge in [0.05, 0.1) is 5.92 Å². The smallest absolute Gasteiger partial charge is 0.308 e. The average Bonchev–Trinajstić information content (AvgIpc) is 2.76. The van der Waals surface area contributed by atoms with Gasteiger partial charge in [0.15, 0.2) is 0 Å². The van der Waals surface area contributed by atoms with Gasteiger partial charge in [0.25, 0.3) is 5.95 Å². The predicted octanol–water partition coefficient (Wildman–Crippen LogP) is 1.91. The van der Waals surface area contributed by atoms with Crippen molar-refractivity contribution in [2.24, 2.45) is 11.8 Å². The standard InChI is InChI=1S/C13H21N3O3/c1-8-5-9(10(17)18)7-16(6-8)12-14-11(19-15-12)13(2,3)4/h8-9H,5-7H2,1-4H3,(H,17,18). The largest absolute Gasteiger partial charge is 0.481 e. The second kappa shape index (κ2) is 4.83. The summed E-state index contributed by atoms with van der Waals surface area (Å²) in [5, 5.41) is 13.1. The molecule has 19 heavy (non-hydrogen) atoms. The molecule has 0 aromatic carbocycles. The molecule has 0 radical (unpaired) electrons. The SMILES string of the molecule is CC1CC(C(=O)O)CN(c2noc(C(C)(C)C)n2)C1. The van der Waals surface area contributed by atoms with E-state index in [2.05, 4.69) is 10.1 Å². The van der Waals surface area contributed by atoms with Crippen LogP contribution in [0.5, 0.6) is 0 Å². The molecular weight excluding hydrogens is 246 g/mol. The molecule has 2 rings (SSSR count). The monoisotopic (exact) mass is 267 g/mol. The van der Waals surface area contributed by atoms with Gasteiger partial charge in [-0.05, 0) is 17.5 Å². The molecule has 6 nitrogen and oxygen atoms in total. The van der Waals surface area contributed by atoms with Crippen LogP contribution in [0.25, 0.3) is 0 Å². The molecule has 2 atom stereocenters. The molecule has 106 valence electrons. The third-order valence-corrected chi connectivity index (χ3v) is 3.35. The highest BCUT2D eigenvalue weighted by Gasteiger charge is 2.32. The van der Waals surface area contributed by atoms with Crippen LogP contribution in [0.1, 0.15) is 40.0 Å². The average molecular weight is 267 g/mol. The van der Waals surface area contributed by atoms with Crippen LogP contribution in [0, 0.1) is 11.8 Å². The summed E-state index contributed by atoms with van der Waals surface area (Å²) in [7, 11) is 0. The van der Waals surface area contributed by atoms with Gasteiger partial charge in [-0.25, -0.2) is 0 Å². The fraction of sp³-hybridized carbons (Fsp3) is 0.769. The molecule has 0 amide bonds. The summed E-state index contributed by atoms with van der Waals surface area (Å²) in [6.07, 6.45) is 0.704. The zero-order valence-corrected chi connectivity index (χ0v) is 11.9. The molecule has 0 saturated carbocycles. The van der Waals surface area contributed by atoms with E-state index in [1.807, 2.05) is 32.6 Å². The van der Waals surface area contributed by atoms with E-state index in [0.717, 1.165) is 6.54 Å². The molecule has 1 aromatic rings. The molecule has 0 bridgehead atoms. The van der Waals surface area contributed by atoms with Crippen molar-refractivity contribution < 1.29 is 14.4 Å². The molecule has 0 aliphatic carbocycles.